The Morgan fingerprint density at radius 2 is 1.69 bits per heavy atom. The molecule has 0 radical (unpaired) electrons. The number of aliphatic imine (C=N–C) groups is 1. The molecule has 1 atom stereocenters. The molecular formula is C23H28N2O4. The molecule has 2 aromatic rings. The van der Waals surface area contributed by atoms with Crippen LogP contribution in [0, 0.1) is 0 Å². The van der Waals surface area contributed by atoms with Gasteiger partial charge in [0.1, 0.15) is 17.2 Å². The Hall–Kier alpha value is -2.89. The second-order valence-corrected chi connectivity index (χ2v) is 8.20. The Balaban J connectivity index is 1.93. The summed E-state index contributed by atoms with van der Waals surface area (Å²) in [4.78, 5) is 7.12. The van der Waals surface area contributed by atoms with Crippen LogP contribution in [0.5, 0.6) is 23.0 Å². The minimum Gasteiger partial charge on any atom is -0.497 e. The van der Waals surface area contributed by atoms with Gasteiger partial charge >= 0.3 is 0 Å². The summed E-state index contributed by atoms with van der Waals surface area (Å²) in [7, 11) is 4.94. The molecule has 2 aliphatic heterocycles. The highest BCUT2D eigenvalue weighted by Gasteiger charge is 2.60. The SMILES string of the molecule is COc1cc(OC)c2c(c1)OC1(C=N2)N(C(C)C)c2ccc(OC)cc2C1(C)C. The second kappa shape index (κ2) is 6.58. The molecule has 0 fully saturated rings. The lowest BCUT2D eigenvalue weighted by Crippen LogP contribution is -2.64. The van der Waals surface area contributed by atoms with E-state index in [1.165, 1.54) is 0 Å². The molecule has 0 saturated carbocycles. The highest BCUT2D eigenvalue weighted by Crippen LogP contribution is 2.57. The van der Waals surface area contributed by atoms with Crippen molar-refractivity contribution < 1.29 is 18.9 Å². The third-order valence-electron chi connectivity index (χ3n) is 6.01. The van der Waals surface area contributed by atoms with Gasteiger partial charge in [-0.2, -0.15) is 0 Å². The van der Waals surface area contributed by atoms with Crippen LogP contribution in [0.2, 0.25) is 0 Å². The maximum atomic E-state index is 6.79. The van der Waals surface area contributed by atoms with Gasteiger partial charge in [0.05, 0.1) is 33.0 Å². The van der Waals surface area contributed by atoms with Crippen molar-refractivity contribution in [3.8, 4) is 23.0 Å². The highest BCUT2D eigenvalue weighted by molar-refractivity contribution is 5.90. The largest absolute Gasteiger partial charge is 0.497 e. The molecule has 1 spiro atoms. The first-order valence-electron chi connectivity index (χ1n) is 9.77. The fraction of sp³-hybridized carbons (Fsp3) is 0.435. The Bertz CT molecular complexity index is 983. The van der Waals surface area contributed by atoms with Crippen LogP contribution in [0.3, 0.4) is 0 Å². The van der Waals surface area contributed by atoms with Crippen LogP contribution in [0.4, 0.5) is 11.4 Å². The maximum Gasteiger partial charge on any atom is 0.229 e. The monoisotopic (exact) mass is 396 g/mol. The fourth-order valence-electron chi connectivity index (χ4n) is 4.47. The zero-order valence-electron chi connectivity index (χ0n) is 18.1. The van der Waals surface area contributed by atoms with E-state index in [2.05, 4.69) is 44.7 Å². The van der Waals surface area contributed by atoms with Crippen LogP contribution in [-0.4, -0.2) is 39.3 Å². The van der Waals surface area contributed by atoms with E-state index in [4.69, 9.17) is 23.9 Å². The average molecular weight is 396 g/mol. The molecule has 0 amide bonds. The van der Waals surface area contributed by atoms with Gasteiger partial charge in [-0.25, -0.2) is 4.99 Å². The molecule has 6 nitrogen and oxygen atoms in total. The first-order chi connectivity index (χ1) is 13.8. The van der Waals surface area contributed by atoms with E-state index in [9.17, 15) is 0 Å². The summed E-state index contributed by atoms with van der Waals surface area (Å²) in [5.74, 6) is 2.76. The summed E-state index contributed by atoms with van der Waals surface area (Å²) >= 11 is 0. The topological polar surface area (TPSA) is 52.5 Å². The zero-order valence-corrected chi connectivity index (χ0v) is 18.1. The second-order valence-electron chi connectivity index (χ2n) is 8.20. The van der Waals surface area contributed by atoms with Gasteiger partial charge < -0.3 is 23.8 Å². The molecule has 0 aliphatic carbocycles. The molecule has 0 saturated heterocycles. The van der Waals surface area contributed by atoms with Gasteiger partial charge in [-0.3, -0.25) is 0 Å². The standard InChI is InChI=1S/C23H28N2O4/c1-14(2)25-18-9-8-15(26-5)10-17(18)22(3,4)23(25)13-24-21-19(28-7)11-16(27-6)12-20(21)29-23/h8-14H,1-7H3. The molecular weight excluding hydrogens is 368 g/mol. The predicted molar refractivity (Wildman–Crippen MR) is 115 cm³/mol. The third kappa shape index (κ3) is 2.58. The van der Waals surface area contributed by atoms with Crippen molar-refractivity contribution in [3.63, 3.8) is 0 Å². The molecule has 6 heteroatoms. The van der Waals surface area contributed by atoms with Gasteiger partial charge in [0, 0.05) is 23.9 Å². The number of hydrogen-bond acceptors (Lipinski definition) is 6. The number of methoxy groups -OCH3 is 3. The van der Waals surface area contributed by atoms with Crippen molar-refractivity contribution >= 4 is 17.6 Å². The highest BCUT2D eigenvalue weighted by atomic mass is 16.5. The van der Waals surface area contributed by atoms with Gasteiger partial charge in [0.15, 0.2) is 11.5 Å². The Morgan fingerprint density at radius 3 is 2.31 bits per heavy atom. The average Bonchev–Trinajstić information content (AvgIpc) is 2.89. The molecule has 0 bridgehead atoms. The lowest BCUT2D eigenvalue weighted by Gasteiger charge is -2.47. The lowest BCUT2D eigenvalue weighted by molar-refractivity contribution is 0.0717. The molecule has 2 heterocycles. The van der Waals surface area contributed by atoms with E-state index in [1.807, 2.05) is 24.4 Å². The normalized spacial score (nSPS) is 21.0. The summed E-state index contributed by atoms with van der Waals surface area (Å²) in [5, 5.41) is 0. The zero-order chi connectivity index (χ0) is 21.0. The van der Waals surface area contributed by atoms with Crippen molar-refractivity contribution in [1.82, 2.24) is 0 Å². The number of nitrogens with zero attached hydrogens (tertiary/aromatic N) is 2. The summed E-state index contributed by atoms with van der Waals surface area (Å²) in [6.45, 7) is 8.69. The molecule has 0 aromatic heterocycles. The molecule has 2 aliphatic rings. The predicted octanol–water partition coefficient (Wildman–Crippen LogP) is 4.71. The van der Waals surface area contributed by atoms with E-state index in [0.717, 1.165) is 17.0 Å². The van der Waals surface area contributed by atoms with Crippen LogP contribution in [-0.2, 0) is 5.41 Å². The molecule has 29 heavy (non-hydrogen) atoms. The van der Waals surface area contributed by atoms with Gasteiger partial charge in [0.2, 0.25) is 5.72 Å². The minimum atomic E-state index is -0.791. The summed E-state index contributed by atoms with van der Waals surface area (Å²) in [6, 6.07) is 10.1. The van der Waals surface area contributed by atoms with Crippen molar-refractivity contribution in [2.45, 2.75) is 44.9 Å². The number of anilines is 1. The Kier molecular flexibility index (Phi) is 4.41. The van der Waals surface area contributed by atoms with Crippen molar-refractivity contribution in [2.75, 3.05) is 26.2 Å². The molecule has 0 N–H and O–H groups in total. The van der Waals surface area contributed by atoms with E-state index in [-0.39, 0.29) is 6.04 Å². The maximum absolute atomic E-state index is 6.79. The first-order valence-corrected chi connectivity index (χ1v) is 9.77. The van der Waals surface area contributed by atoms with Gasteiger partial charge in [-0.15, -0.1) is 0 Å². The smallest absolute Gasteiger partial charge is 0.229 e. The number of fused-ring (bicyclic) bond motifs is 2. The van der Waals surface area contributed by atoms with Crippen LogP contribution >= 0.6 is 0 Å². The summed E-state index contributed by atoms with van der Waals surface area (Å²) in [6.07, 6.45) is 1.91. The fourth-order valence-corrected chi connectivity index (χ4v) is 4.47. The van der Waals surface area contributed by atoms with Crippen LogP contribution < -0.4 is 23.8 Å². The Labute approximate surface area is 172 Å². The Morgan fingerprint density at radius 1 is 0.966 bits per heavy atom. The van der Waals surface area contributed by atoms with Crippen molar-refractivity contribution in [3.05, 3.63) is 35.9 Å². The number of rotatable bonds is 4. The van der Waals surface area contributed by atoms with Crippen molar-refractivity contribution in [1.29, 1.82) is 0 Å². The van der Waals surface area contributed by atoms with E-state index in [1.54, 1.807) is 21.3 Å². The molecule has 4 rings (SSSR count). The van der Waals surface area contributed by atoms with Crippen LogP contribution in [0.1, 0.15) is 33.3 Å². The van der Waals surface area contributed by atoms with E-state index >= 15 is 0 Å². The van der Waals surface area contributed by atoms with Crippen LogP contribution in [0.25, 0.3) is 0 Å². The quantitative estimate of drug-likeness (QED) is 0.749. The van der Waals surface area contributed by atoms with Crippen LogP contribution in [0.15, 0.2) is 35.3 Å². The number of benzene rings is 2. The lowest BCUT2D eigenvalue weighted by atomic mass is 9.77. The summed E-state index contributed by atoms with van der Waals surface area (Å²) in [5.41, 5.74) is 1.77. The van der Waals surface area contributed by atoms with E-state index in [0.29, 0.717) is 22.9 Å². The number of hydrogen-bond donors (Lipinski definition) is 0. The molecule has 1 unspecified atom stereocenters. The van der Waals surface area contributed by atoms with Gasteiger partial charge in [-0.05, 0) is 51.5 Å². The minimum absolute atomic E-state index is 0.185. The van der Waals surface area contributed by atoms with Gasteiger partial charge in [-0.1, -0.05) is 0 Å². The third-order valence-corrected chi connectivity index (χ3v) is 6.01. The van der Waals surface area contributed by atoms with Crippen molar-refractivity contribution in [2.24, 2.45) is 4.99 Å². The molecule has 154 valence electrons. The van der Waals surface area contributed by atoms with E-state index < -0.39 is 11.1 Å². The summed E-state index contributed by atoms with van der Waals surface area (Å²) < 4.78 is 23.3. The molecule has 2 aromatic carbocycles. The van der Waals surface area contributed by atoms with Gasteiger partial charge in [0.25, 0.3) is 0 Å². The first kappa shape index (κ1) is 19.4. The number of ether oxygens (including phenoxy) is 4.